The second-order valence-corrected chi connectivity index (χ2v) is 6.57. The second-order valence-electron chi connectivity index (χ2n) is 5.28. The average Bonchev–Trinajstić information content (AvgIpc) is 3.01. The van der Waals surface area contributed by atoms with Crippen LogP contribution in [0.1, 0.15) is 27.9 Å². The summed E-state index contributed by atoms with van der Waals surface area (Å²) in [6.07, 6.45) is 3.49. The molecule has 0 aromatic heterocycles. The number of fused-ring (bicyclic) bond motifs is 1. The van der Waals surface area contributed by atoms with Gasteiger partial charge in [-0.25, -0.2) is 4.79 Å². The van der Waals surface area contributed by atoms with Crippen molar-refractivity contribution >= 4 is 35.0 Å². The van der Waals surface area contributed by atoms with Gasteiger partial charge < -0.3 is 9.57 Å². The van der Waals surface area contributed by atoms with Crippen molar-refractivity contribution in [1.29, 1.82) is 0 Å². The van der Waals surface area contributed by atoms with Crippen LogP contribution in [0, 0.1) is 0 Å². The molecule has 0 saturated carbocycles. The highest BCUT2D eigenvalue weighted by molar-refractivity contribution is 7.98. The minimum atomic E-state index is -0.503. The van der Waals surface area contributed by atoms with Crippen LogP contribution in [0.15, 0.2) is 46.4 Å². The molecule has 0 bridgehead atoms. The quantitative estimate of drug-likeness (QED) is 0.454. The Morgan fingerprint density at radius 1 is 1.21 bits per heavy atom. The third-order valence-corrected chi connectivity index (χ3v) is 4.91. The molecule has 0 fully saturated rings. The molecule has 4 nitrogen and oxygen atoms in total. The first-order valence-electron chi connectivity index (χ1n) is 7.41. The molecule has 0 heterocycles. The van der Waals surface area contributed by atoms with Gasteiger partial charge in [0.25, 0.3) is 0 Å². The summed E-state index contributed by atoms with van der Waals surface area (Å²) in [5.41, 5.74) is 3.34. The first kappa shape index (κ1) is 16.9. The van der Waals surface area contributed by atoms with Crippen LogP contribution in [0.4, 0.5) is 0 Å². The zero-order valence-electron chi connectivity index (χ0n) is 13.3. The molecule has 1 aliphatic rings. The second kappa shape index (κ2) is 7.28. The van der Waals surface area contributed by atoms with Gasteiger partial charge in [0.15, 0.2) is 0 Å². The van der Waals surface area contributed by atoms with E-state index < -0.39 is 5.97 Å². The predicted octanol–water partition coefficient (Wildman–Crippen LogP) is 4.58. The third kappa shape index (κ3) is 3.42. The maximum atomic E-state index is 12.3. The summed E-state index contributed by atoms with van der Waals surface area (Å²) < 4.78 is 5.23. The summed E-state index contributed by atoms with van der Waals surface area (Å²) in [5, 5.41) is 4.57. The molecule has 3 rings (SSSR count). The van der Waals surface area contributed by atoms with Crippen molar-refractivity contribution in [1.82, 2.24) is 0 Å². The van der Waals surface area contributed by atoms with Gasteiger partial charge in [-0.1, -0.05) is 16.8 Å². The Morgan fingerprint density at radius 3 is 2.79 bits per heavy atom. The standard InChI is InChI=1S/C18H16ClNO3S/c1-22-13-5-6-14-11(9-13)3-7-16(14)20-23-18(21)15-10-12(19)4-8-17(15)24-2/h4-6,8-10H,3,7H2,1-2H3/b20-16-. The van der Waals surface area contributed by atoms with Gasteiger partial charge in [-0.05, 0) is 61.1 Å². The maximum Gasteiger partial charge on any atom is 0.366 e. The number of thioether (sulfide) groups is 1. The van der Waals surface area contributed by atoms with E-state index in [-0.39, 0.29) is 0 Å². The minimum Gasteiger partial charge on any atom is -0.497 e. The molecule has 0 spiro atoms. The fourth-order valence-electron chi connectivity index (χ4n) is 2.65. The largest absolute Gasteiger partial charge is 0.497 e. The molecule has 24 heavy (non-hydrogen) atoms. The van der Waals surface area contributed by atoms with Crippen molar-refractivity contribution in [3.05, 3.63) is 58.1 Å². The number of ether oxygens (including phenoxy) is 1. The zero-order chi connectivity index (χ0) is 17.1. The van der Waals surface area contributed by atoms with Gasteiger partial charge in [-0.15, -0.1) is 11.8 Å². The van der Waals surface area contributed by atoms with Crippen molar-refractivity contribution in [2.75, 3.05) is 13.4 Å². The van der Waals surface area contributed by atoms with Crippen LogP contribution < -0.4 is 4.74 Å². The van der Waals surface area contributed by atoms with Crippen LogP contribution in [-0.4, -0.2) is 25.0 Å². The molecule has 0 aliphatic heterocycles. The Bertz CT molecular complexity index is 820. The van der Waals surface area contributed by atoms with Gasteiger partial charge in [0.1, 0.15) is 5.75 Å². The molecular formula is C18H16ClNO3S. The lowest BCUT2D eigenvalue weighted by molar-refractivity contribution is 0.0512. The van der Waals surface area contributed by atoms with E-state index in [0.29, 0.717) is 10.6 Å². The molecular weight excluding hydrogens is 346 g/mol. The number of aryl methyl sites for hydroxylation is 1. The van der Waals surface area contributed by atoms with Crippen LogP contribution in [0.25, 0.3) is 0 Å². The number of methoxy groups -OCH3 is 1. The lowest BCUT2D eigenvalue weighted by atomic mass is 10.1. The summed E-state index contributed by atoms with van der Waals surface area (Å²) in [5.74, 6) is 0.312. The van der Waals surface area contributed by atoms with Crippen LogP contribution in [0.3, 0.4) is 0 Å². The van der Waals surface area contributed by atoms with Gasteiger partial charge >= 0.3 is 5.97 Å². The molecule has 0 N–H and O–H groups in total. The van der Waals surface area contributed by atoms with Crippen molar-refractivity contribution in [2.45, 2.75) is 17.7 Å². The number of nitrogens with zero attached hydrogens (tertiary/aromatic N) is 1. The minimum absolute atomic E-state index is 0.423. The van der Waals surface area contributed by atoms with Crippen molar-refractivity contribution in [3.63, 3.8) is 0 Å². The third-order valence-electron chi connectivity index (χ3n) is 3.87. The summed E-state index contributed by atoms with van der Waals surface area (Å²) in [6.45, 7) is 0. The zero-order valence-corrected chi connectivity index (χ0v) is 14.9. The highest BCUT2D eigenvalue weighted by atomic mass is 35.5. The smallest absolute Gasteiger partial charge is 0.366 e. The maximum absolute atomic E-state index is 12.3. The summed E-state index contributed by atoms with van der Waals surface area (Å²) in [6, 6.07) is 11.0. The van der Waals surface area contributed by atoms with E-state index in [0.717, 1.165) is 40.3 Å². The molecule has 2 aromatic rings. The molecule has 2 aromatic carbocycles. The molecule has 124 valence electrons. The van der Waals surface area contributed by atoms with E-state index >= 15 is 0 Å². The SMILES string of the molecule is COc1ccc2c(c1)CC/C2=N/OC(=O)c1cc(Cl)ccc1SC. The molecule has 6 heteroatoms. The van der Waals surface area contributed by atoms with E-state index in [9.17, 15) is 4.79 Å². The summed E-state index contributed by atoms with van der Waals surface area (Å²) >= 11 is 7.44. The van der Waals surface area contributed by atoms with Gasteiger partial charge in [-0.2, -0.15) is 0 Å². The molecule has 0 atom stereocenters. The van der Waals surface area contributed by atoms with E-state index in [1.54, 1.807) is 25.3 Å². The number of oxime groups is 1. The van der Waals surface area contributed by atoms with Crippen molar-refractivity contribution in [3.8, 4) is 5.75 Å². The van der Waals surface area contributed by atoms with Crippen LogP contribution in [0.2, 0.25) is 5.02 Å². The fourth-order valence-corrected chi connectivity index (χ4v) is 3.39. The molecule has 0 radical (unpaired) electrons. The van der Waals surface area contributed by atoms with Crippen molar-refractivity contribution < 1.29 is 14.4 Å². The monoisotopic (exact) mass is 361 g/mol. The summed E-state index contributed by atoms with van der Waals surface area (Å²) in [4.78, 5) is 18.3. The number of rotatable bonds is 4. The molecule has 0 saturated heterocycles. The number of carbonyl (C=O) groups is 1. The fraction of sp³-hybridized carbons (Fsp3) is 0.222. The highest BCUT2D eigenvalue weighted by Crippen LogP contribution is 2.28. The van der Waals surface area contributed by atoms with Gasteiger partial charge in [-0.3, -0.25) is 0 Å². The van der Waals surface area contributed by atoms with E-state index in [1.807, 2.05) is 24.5 Å². The highest BCUT2D eigenvalue weighted by Gasteiger charge is 2.20. The van der Waals surface area contributed by atoms with Crippen LogP contribution in [-0.2, 0) is 11.3 Å². The Balaban J connectivity index is 1.81. The van der Waals surface area contributed by atoms with E-state index in [4.69, 9.17) is 21.2 Å². The lowest BCUT2D eigenvalue weighted by Crippen LogP contribution is -2.05. The van der Waals surface area contributed by atoms with Gasteiger partial charge in [0.05, 0.1) is 18.4 Å². The number of carbonyl (C=O) groups excluding carboxylic acids is 1. The number of hydrogen-bond acceptors (Lipinski definition) is 5. The predicted molar refractivity (Wildman–Crippen MR) is 96.5 cm³/mol. The Labute approximate surface area is 149 Å². The summed E-state index contributed by atoms with van der Waals surface area (Å²) in [7, 11) is 1.64. The average molecular weight is 362 g/mol. The van der Waals surface area contributed by atoms with Crippen molar-refractivity contribution in [2.24, 2.45) is 5.16 Å². The van der Waals surface area contributed by atoms with Crippen LogP contribution in [0.5, 0.6) is 5.75 Å². The lowest BCUT2D eigenvalue weighted by Gasteiger charge is -2.06. The molecule has 1 aliphatic carbocycles. The Hall–Kier alpha value is -1.98. The molecule has 0 unspecified atom stereocenters. The molecule has 0 amide bonds. The van der Waals surface area contributed by atoms with Gasteiger partial charge in [0.2, 0.25) is 0 Å². The Morgan fingerprint density at radius 2 is 2.04 bits per heavy atom. The van der Waals surface area contributed by atoms with Gasteiger partial charge in [0, 0.05) is 15.5 Å². The normalized spacial score (nSPS) is 14.5. The van der Waals surface area contributed by atoms with E-state index in [1.165, 1.54) is 11.8 Å². The first-order valence-corrected chi connectivity index (χ1v) is 9.01. The Kier molecular flexibility index (Phi) is 5.11. The number of halogens is 1. The van der Waals surface area contributed by atoms with E-state index in [2.05, 4.69) is 5.16 Å². The topological polar surface area (TPSA) is 47.9 Å². The first-order chi connectivity index (χ1) is 11.6. The number of hydrogen-bond donors (Lipinski definition) is 0. The number of benzene rings is 2. The van der Waals surface area contributed by atoms with Crippen LogP contribution >= 0.6 is 23.4 Å².